The molecule has 6 heteroatoms. The molecule has 1 aliphatic rings. The van der Waals surface area contributed by atoms with Crippen LogP contribution in [0.2, 0.25) is 0 Å². The maximum Gasteiger partial charge on any atom is 0.135 e. The van der Waals surface area contributed by atoms with Crippen LogP contribution >= 0.6 is 0 Å². The summed E-state index contributed by atoms with van der Waals surface area (Å²) in [5, 5.41) is 1.98. The van der Waals surface area contributed by atoms with E-state index in [4.69, 9.17) is 9.72 Å². The molecule has 2 aromatic heterocycles. The Morgan fingerprint density at radius 2 is 1.05 bits per heavy atom. The van der Waals surface area contributed by atoms with Crippen LogP contribution in [0.25, 0.3) is 72.1 Å². The van der Waals surface area contributed by atoms with E-state index in [0.29, 0.717) is 5.75 Å². The van der Waals surface area contributed by atoms with Gasteiger partial charge >= 0.3 is 0 Å². The summed E-state index contributed by atoms with van der Waals surface area (Å²) in [5.41, 5.74) is 16.7. The predicted octanol–water partition coefficient (Wildman–Crippen LogP) is 19.5. The van der Waals surface area contributed by atoms with E-state index in [9.17, 15) is 4.11 Å². The van der Waals surface area contributed by atoms with Crippen molar-refractivity contribution in [2.75, 3.05) is 9.80 Å². The number of pyridine rings is 1. The Kier molecular flexibility index (Phi) is 12.7. The van der Waals surface area contributed by atoms with Crippen LogP contribution in [0.1, 0.15) is 83.1 Å². The minimum atomic E-state index is -0.280. The number of hydrogen-bond donors (Lipinski definition) is 0. The van der Waals surface area contributed by atoms with Crippen molar-refractivity contribution in [1.82, 2.24) is 9.55 Å². The molecule has 0 atom stereocenters. The molecule has 12 rings (SSSR count). The van der Waals surface area contributed by atoms with Crippen LogP contribution in [-0.4, -0.2) is 9.55 Å². The third-order valence-corrected chi connectivity index (χ3v) is 14.8. The normalized spacial score (nSPS) is 13.3. The van der Waals surface area contributed by atoms with Crippen LogP contribution in [0.5, 0.6) is 11.5 Å². The first-order chi connectivity index (χ1) is 38.3. The molecular formula is C72H63N4OPt-3. The molecule has 0 aliphatic carbocycles. The molecule has 78 heavy (non-hydrogen) atoms. The molecule has 3 heterocycles. The molecule has 9 aromatic carbocycles. The van der Waals surface area contributed by atoms with Crippen LogP contribution in [0.15, 0.2) is 212 Å². The Balaban J connectivity index is 0.00000690. The topological polar surface area (TPSA) is 33.5 Å². The largest absolute Gasteiger partial charge is 0.509 e. The molecule has 1 aliphatic heterocycles. The molecule has 0 radical (unpaired) electrons. The van der Waals surface area contributed by atoms with E-state index >= 15 is 0 Å². The van der Waals surface area contributed by atoms with E-state index in [1.807, 2.05) is 60.2 Å². The average Bonchev–Trinajstić information content (AvgIpc) is 4.26. The van der Waals surface area contributed by atoms with E-state index in [0.717, 1.165) is 94.8 Å². The van der Waals surface area contributed by atoms with Crippen molar-refractivity contribution in [1.29, 1.82) is 0 Å². The Morgan fingerprint density at radius 1 is 0.487 bits per heavy atom. The van der Waals surface area contributed by atoms with Gasteiger partial charge in [0.15, 0.2) is 0 Å². The van der Waals surface area contributed by atoms with Gasteiger partial charge in [0, 0.05) is 79.4 Å². The molecule has 0 N–H and O–H groups in total. The fourth-order valence-electron chi connectivity index (χ4n) is 10.7. The molecule has 0 bridgehead atoms. The Hall–Kier alpha value is -7.98. The number of aromatic nitrogens is 2. The number of rotatable bonds is 9. The van der Waals surface area contributed by atoms with Crippen LogP contribution < -0.4 is 14.5 Å². The number of hydrogen-bond acceptors (Lipinski definition) is 4. The van der Waals surface area contributed by atoms with Gasteiger partial charge in [-0.1, -0.05) is 219 Å². The summed E-state index contributed by atoms with van der Waals surface area (Å²) in [6.45, 7) is 22.0. The maximum atomic E-state index is 9.46. The molecule has 0 fully saturated rings. The molecule has 0 saturated carbocycles. The minimum Gasteiger partial charge on any atom is -0.509 e. The van der Waals surface area contributed by atoms with Crippen LogP contribution in [0.4, 0.5) is 22.7 Å². The molecule has 0 amide bonds. The van der Waals surface area contributed by atoms with E-state index in [1.54, 1.807) is 0 Å². The number of ether oxygens (including phenoxy) is 1. The van der Waals surface area contributed by atoms with Gasteiger partial charge in [-0.25, -0.2) is 4.98 Å². The first-order valence-corrected chi connectivity index (χ1v) is 26.5. The summed E-state index contributed by atoms with van der Waals surface area (Å²) in [4.78, 5) is 9.27. The molecule has 0 spiro atoms. The third kappa shape index (κ3) is 9.86. The van der Waals surface area contributed by atoms with Crippen molar-refractivity contribution in [3.8, 4) is 61.8 Å². The van der Waals surface area contributed by atoms with Gasteiger partial charge in [-0.2, -0.15) is 12.1 Å². The second kappa shape index (κ2) is 20.4. The van der Waals surface area contributed by atoms with Crippen molar-refractivity contribution in [2.45, 2.75) is 78.6 Å². The number of para-hydroxylation sites is 3. The number of benzene rings is 9. The second-order valence-electron chi connectivity index (χ2n) is 23.2. The summed E-state index contributed by atoms with van der Waals surface area (Å²) in [6, 6.07) is 72.0. The zero-order valence-corrected chi connectivity index (χ0v) is 47.8. The maximum absolute atomic E-state index is 9.46. The van der Waals surface area contributed by atoms with Gasteiger partial charge in [-0.15, -0.1) is 48.0 Å². The van der Waals surface area contributed by atoms with E-state index in [1.165, 1.54) is 11.1 Å². The Morgan fingerprint density at radius 3 is 1.67 bits per heavy atom. The van der Waals surface area contributed by atoms with Gasteiger partial charge in [0.2, 0.25) is 0 Å². The molecule has 390 valence electrons. The van der Waals surface area contributed by atoms with E-state index in [-0.39, 0.29) is 66.9 Å². The average molecular weight is 1200 g/mol. The summed E-state index contributed by atoms with van der Waals surface area (Å²) < 4.78 is 36.9. The summed E-state index contributed by atoms with van der Waals surface area (Å²) in [6.07, 6.45) is 1.98. The van der Waals surface area contributed by atoms with Gasteiger partial charge in [0.1, 0.15) is 5.82 Å². The van der Waals surface area contributed by atoms with Crippen LogP contribution in [0, 0.1) is 18.8 Å². The number of nitrogens with zero attached hydrogens (tertiary/aromatic N) is 4. The van der Waals surface area contributed by atoms with Crippen molar-refractivity contribution >= 4 is 44.6 Å². The van der Waals surface area contributed by atoms with Crippen molar-refractivity contribution in [2.24, 2.45) is 0 Å². The van der Waals surface area contributed by atoms with Crippen molar-refractivity contribution in [3.63, 3.8) is 0 Å². The summed E-state index contributed by atoms with van der Waals surface area (Å²) >= 11 is 0. The summed E-state index contributed by atoms with van der Waals surface area (Å²) in [5.74, 6) is 1.07. The molecule has 0 unspecified atom stereocenters. The zero-order chi connectivity index (χ0) is 55.8. The zero-order valence-electron chi connectivity index (χ0n) is 48.6. The third-order valence-electron chi connectivity index (χ3n) is 14.8. The van der Waals surface area contributed by atoms with Gasteiger partial charge in [0.05, 0.1) is 0 Å². The van der Waals surface area contributed by atoms with Crippen LogP contribution in [-0.2, 0) is 37.3 Å². The molecule has 5 nitrogen and oxygen atoms in total. The van der Waals surface area contributed by atoms with Gasteiger partial charge in [-0.05, 0) is 93.1 Å². The quantitative estimate of drug-likeness (QED) is 0.135. The first-order valence-electron chi connectivity index (χ1n) is 28.0. The fraction of sp³-hybridized carbons (Fsp3) is 0.167. The van der Waals surface area contributed by atoms with Gasteiger partial charge in [0.25, 0.3) is 0 Å². The fourth-order valence-corrected chi connectivity index (χ4v) is 10.7. The summed E-state index contributed by atoms with van der Waals surface area (Å²) in [7, 11) is 0. The molecule has 0 saturated heterocycles. The van der Waals surface area contributed by atoms with Gasteiger partial charge in [-0.3, -0.25) is 0 Å². The van der Waals surface area contributed by atoms with Crippen molar-refractivity contribution < 1.29 is 29.9 Å². The Bertz CT molecular complexity index is 4160. The predicted molar refractivity (Wildman–Crippen MR) is 322 cm³/mol. The minimum absolute atomic E-state index is 0. The standard InChI is InChI=1S/C72H63N4O.Pt/c1-70(2,3)53-35-30-48(31-36-53)52-34-41-64-61(42-52)60-40-39-57(44-67(60)76(64)68-45-63(72(7,8)9)62(46-73-68)50-22-14-11-15-23-50)77-56-25-18-24-55(43-56)74-47-75(66-29-17-16-28-65(66)74)69-58(49-20-12-10-13-21-49)26-19-27-59(69)51-32-37-54(38-33-51)71(4,5)6;/h10-42,45-47H,1-9H3;/q-3;/i18D,24D,25D;. The van der Waals surface area contributed by atoms with E-state index < -0.39 is 0 Å². The second-order valence-corrected chi connectivity index (χ2v) is 23.2. The van der Waals surface area contributed by atoms with Gasteiger partial charge < -0.3 is 19.1 Å². The molecule has 11 aromatic rings. The Labute approximate surface area is 479 Å². The smallest absolute Gasteiger partial charge is 0.135 e. The van der Waals surface area contributed by atoms with Crippen molar-refractivity contribution in [3.05, 3.63) is 248 Å². The monoisotopic (exact) mass is 1200 g/mol. The van der Waals surface area contributed by atoms with E-state index in [2.05, 4.69) is 230 Å². The SMILES string of the molecule is [2H]c1c(Oc2[c-]c3c(cc2)c2cc(-c4ccc(C(C)(C)C)cc4)ccc2n3-c2cc(C(C)(C)C)c(-c3ccccc3)cn2)[c-]c(N2[CH-]N(c3c(-c4ccccc4)cccc3-c3ccc(C(C)(C)C)cc3)c3ccccc32)c([2H])c1[2H].[Pt]. The first kappa shape index (κ1) is 48.4. The molecular weight excluding hydrogens is 1130 g/mol. The number of anilines is 4. The van der Waals surface area contributed by atoms with Crippen LogP contribution in [0.3, 0.4) is 0 Å². The number of fused-ring (bicyclic) bond motifs is 4.